The first-order chi connectivity index (χ1) is 11.1. The Balaban J connectivity index is 1.67. The van der Waals surface area contributed by atoms with E-state index in [-0.39, 0.29) is 11.8 Å². The van der Waals surface area contributed by atoms with E-state index in [4.69, 9.17) is 9.57 Å². The maximum atomic E-state index is 12.7. The fraction of sp³-hybridized carbons (Fsp3) is 0.529. The average molecular weight is 318 g/mol. The summed E-state index contributed by atoms with van der Waals surface area (Å²) in [6.07, 6.45) is 1.77. The maximum absolute atomic E-state index is 12.7. The number of likely N-dealkylation sites (tertiary alicyclic amines) is 1. The van der Waals surface area contributed by atoms with Crippen molar-refractivity contribution in [3.63, 3.8) is 0 Å². The number of carbonyl (C=O) groups is 2. The number of ether oxygens (including phenoxy) is 1. The summed E-state index contributed by atoms with van der Waals surface area (Å²) in [6, 6.07) is 7.24. The van der Waals surface area contributed by atoms with Gasteiger partial charge < -0.3 is 9.64 Å². The highest BCUT2D eigenvalue weighted by Crippen LogP contribution is 2.37. The number of carbonyl (C=O) groups excluding carboxylic acids is 2. The molecule has 2 amide bonds. The summed E-state index contributed by atoms with van der Waals surface area (Å²) in [6.45, 7) is 3.63. The van der Waals surface area contributed by atoms with Gasteiger partial charge in [-0.25, -0.2) is 5.06 Å². The molecule has 2 aliphatic heterocycles. The molecule has 0 N–H and O–H groups in total. The van der Waals surface area contributed by atoms with Crippen LogP contribution in [0.25, 0.3) is 0 Å². The van der Waals surface area contributed by atoms with E-state index < -0.39 is 5.60 Å². The lowest BCUT2D eigenvalue weighted by Gasteiger charge is -2.37. The molecule has 1 aromatic carbocycles. The maximum Gasteiger partial charge on any atom is 0.257 e. The minimum Gasteiger partial charge on any atom is -0.496 e. The van der Waals surface area contributed by atoms with Crippen LogP contribution in [-0.2, 0) is 9.63 Å². The molecule has 1 spiro atoms. The Bertz CT molecular complexity index is 608. The summed E-state index contributed by atoms with van der Waals surface area (Å²) in [5.74, 6) is 0.591. The minimum atomic E-state index is -0.426. The highest BCUT2D eigenvalue weighted by Gasteiger charge is 2.47. The van der Waals surface area contributed by atoms with E-state index in [9.17, 15) is 9.59 Å². The van der Waals surface area contributed by atoms with Gasteiger partial charge in [0, 0.05) is 19.6 Å². The van der Waals surface area contributed by atoms with Crippen LogP contribution in [0.5, 0.6) is 5.75 Å². The molecular weight excluding hydrogens is 296 g/mol. The third-order valence-corrected chi connectivity index (χ3v) is 4.64. The van der Waals surface area contributed by atoms with Crippen LogP contribution in [0.1, 0.15) is 36.5 Å². The molecule has 0 aromatic heterocycles. The lowest BCUT2D eigenvalue weighted by atomic mass is 9.88. The largest absolute Gasteiger partial charge is 0.496 e. The van der Waals surface area contributed by atoms with Crippen LogP contribution in [-0.4, -0.2) is 54.1 Å². The van der Waals surface area contributed by atoms with Crippen molar-refractivity contribution in [2.24, 2.45) is 0 Å². The number of methoxy groups -OCH3 is 1. The second-order valence-corrected chi connectivity index (χ2v) is 6.03. The molecule has 2 heterocycles. The van der Waals surface area contributed by atoms with Gasteiger partial charge in [-0.05, 0) is 31.9 Å². The zero-order valence-corrected chi connectivity index (χ0v) is 13.6. The van der Waals surface area contributed by atoms with Crippen LogP contribution >= 0.6 is 0 Å². The molecule has 0 aliphatic carbocycles. The smallest absolute Gasteiger partial charge is 0.257 e. The quantitative estimate of drug-likeness (QED) is 0.853. The second kappa shape index (κ2) is 6.20. The van der Waals surface area contributed by atoms with E-state index in [1.807, 2.05) is 24.0 Å². The van der Waals surface area contributed by atoms with Crippen molar-refractivity contribution >= 4 is 11.8 Å². The average Bonchev–Trinajstić information content (AvgIpc) is 2.90. The summed E-state index contributed by atoms with van der Waals surface area (Å²) in [7, 11) is 1.56. The Morgan fingerprint density at radius 2 is 2.00 bits per heavy atom. The molecule has 2 aliphatic rings. The predicted molar refractivity (Wildman–Crippen MR) is 84.0 cm³/mol. The summed E-state index contributed by atoms with van der Waals surface area (Å²) in [5, 5.41) is 1.44. The Hall–Kier alpha value is -2.08. The van der Waals surface area contributed by atoms with Crippen LogP contribution in [0, 0.1) is 0 Å². The molecule has 3 rings (SSSR count). The third-order valence-electron chi connectivity index (χ3n) is 4.64. The first-order valence-electron chi connectivity index (χ1n) is 8.00. The highest BCUT2D eigenvalue weighted by atomic mass is 16.7. The van der Waals surface area contributed by atoms with Crippen molar-refractivity contribution < 1.29 is 19.2 Å². The van der Waals surface area contributed by atoms with E-state index in [1.54, 1.807) is 19.2 Å². The zero-order chi connectivity index (χ0) is 16.4. The SMILES string of the molecule is CCN1OC2(CCN(C(=O)c3ccccc3OC)CC2)CC1=O. The predicted octanol–water partition coefficient (Wildman–Crippen LogP) is 1.85. The minimum absolute atomic E-state index is 0.0334. The summed E-state index contributed by atoms with van der Waals surface area (Å²) in [4.78, 5) is 32.3. The van der Waals surface area contributed by atoms with Crippen molar-refractivity contribution in [3.8, 4) is 5.75 Å². The van der Waals surface area contributed by atoms with Gasteiger partial charge in [-0.15, -0.1) is 0 Å². The fourth-order valence-electron chi connectivity index (χ4n) is 3.30. The molecule has 0 bridgehead atoms. The van der Waals surface area contributed by atoms with E-state index in [2.05, 4.69) is 0 Å². The zero-order valence-electron chi connectivity index (χ0n) is 13.6. The van der Waals surface area contributed by atoms with Crippen molar-refractivity contribution in [2.45, 2.75) is 31.8 Å². The first-order valence-corrected chi connectivity index (χ1v) is 8.00. The molecule has 23 heavy (non-hydrogen) atoms. The number of amides is 2. The summed E-state index contributed by atoms with van der Waals surface area (Å²) >= 11 is 0. The van der Waals surface area contributed by atoms with Crippen molar-refractivity contribution in [1.29, 1.82) is 0 Å². The number of hydrogen-bond acceptors (Lipinski definition) is 4. The second-order valence-electron chi connectivity index (χ2n) is 6.03. The standard InChI is InChI=1S/C17H22N2O4/c1-3-19-15(20)12-17(23-19)8-10-18(11-9-17)16(21)13-6-4-5-7-14(13)22-2/h4-7H,3,8-12H2,1-2H3. The highest BCUT2D eigenvalue weighted by molar-refractivity contribution is 5.97. The van der Waals surface area contributed by atoms with Gasteiger partial charge in [0.2, 0.25) is 5.91 Å². The lowest BCUT2D eigenvalue weighted by Crippen LogP contribution is -2.47. The van der Waals surface area contributed by atoms with Crippen molar-refractivity contribution in [3.05, 3.63) is 29.8 Å². The van der Waals surface area contributed by atoms with Gasteiger partial charge in [-0.2, -0.15) is 0 Å². The monoisotopic (exact) mass is 318 g/mol. The summed E-state index contributed by atoms with van der Waals surface area (Å²) in [5.41, 5.74) is 0.148. The number of hydroxylamine groups is 2. The molecule has 0 unspecified atom stereocenters. The summed E-state index contributed by atoms with van der Waals surface area (Å²) < 4.78 is 5.27. The molecular formula is C17H22N2O4. The molecule has 0 radical (unpaired) electrons. The van der Waals surface area contributed by atoms with Gasteiger partial charge in [-0.1, -0.05) is 12.1 Å². The first kappa shape index (κ1) is 15.8. The van der Waals surface area contributed by atoms with Crippen LogP contribution < -0.4 is 4.74 Å². The Morgan fingerprint density at radius 1 is 1.30 bits per heavy atom. The van der Waals surface area contributed by atoms with Crippen molar-refractivity contribution in [1.82, 2.24) is 9.96 Å². The number of piperidine rings is 1. The van der Waals surface area contributed by atoms with Gasteiger partial charge in [0.25, 0.3) is 5.91 Å². The molecule has 124 valence electrons. The van der Waals surface area contributed by atoms with E-state index in [0.29, 0.717) is 50.2 Å². The van der Waals surface area contributed by atoms with E-state index in [1.165, 1.54) is 5.06 Å². The van der Waals surface area contributed by atoms with E-state index >= 15 is 0 Å². The molecule has 1 aromatic rings. The van der Waals surface area contributed by atoms with Crippen LogP contribution in [0.3, 0.4) is 0 Å². The fourth-order valence-corrected chi connectivity index (χ4v) is 3.30. The molecule has 6 heteroatoms. The Kier molecular flexibility index (Phi) is 4.26. The number of nitrogens with zero attached hydrogens (tertiary/aromatic N) is 2. The number of hydrogen-bond donors (Lipinski definition) is 0. The Morgan fingerprint density at radius 3 is 2.61 bits per heavy atom. The normalized spacial score (nSPS) is 20.2. The van der Waals surface area contributed by atoms with Gasteiger partial charge in [-0.3, -0.25) is 14.4 Å². The van der Waals surface area contributed by atoms with Crippen LogP contribution in [0.15, 0.2) is 24.3 Å². The molecule has 2 fully saturated rings. The topological polar surface area (TPSA) is 59.1 Å². The molecule has 0 atom stereocenters. The third kappa shape index (κ3) is 2.91. The van der Waals surface area contributed by atoms with Gasteiger partial charge >= 0.3 is 0 Å². The number of rotatable bonds is 3. The van der Waals surface area contributed by atoms with Gasteiger partial charge in [0.05, 0.1) is 19.1 Å². The molecule has 6 nitrogen and oxygen atoms in total. The number of benzene rings is 1. The van der Waals surface area contributed by atoms with E-state index in [0.717, 1.165) is 0 Å². The molecule has 2 saturated heterocycles. The van der Waals surface area contributed by atoms with Crippen molar-refractivity contribution in [2.75, 3.05) is 26.7 Å². The molecule has 0 saturated carbocycles. The van der Waals surface area contributed by atoms with Crippen LogP contribution in [0.4, 0.5) is 0 Å². The number of para-hydroxylation sites is 1. The van der Waals surface area contributed by atoms with Gasteiger partial charge in [0.1, 0.15) is 11.4 Å². The van der Waals surface area contributed by atoms with Gasteiger partial charge in [0.15, 0.2) is 0 Å². The van der Waals surface area contributed by atoms with Crippen LogP contribution in [0.2, 0.25) is 0 Å². The lowest BCUT2D eigenvalue weighted by molar-refractivity contribution is -0.206. The Labute approximate surface area is 135 Å².